The van der Waals surface area contributed by atoms with Crippen LogP contribution in [0.25, 0.3) is 0 Å². The van der Waals surface area contributed by atoms with Crippen LogP contribution >= 0.6 is 22.6 Å². The van der Waals surface area contributed by atoms with E-state index in [9.17, 15) is 17.6 Å². The summed E-state index contributed by atoms with van der Waals surface area (Å²) in [4.78, 5) is 1.04. The molecular weight excluding hydrogens is 363 g/mol. The predicted molar refractivity (Wildman–Crippen MR) is 72.1 cm³/mol. The van der Waals surface area contributed by atoms with Gasteiger partial charge in [-0.25, -0.2) is 4.39 Å². The first-order chi connectivity index (χ1) is 8.11. The highest BCUT2D eigenvalue weighted by molar-refractivity contribution is 14.1. The van der Waals surface area contributed by atoms with Crippen molar-refractivity contribution in [3.63, 3.8) is 0 Å². The molecule has 0 unspecified atom stereocenters. The first-order valence-corrected chi connectivity index (χ1v) is 6.27. The van der Waals surface area contributed by atoms with Gasteiger partial charge in [-0.1, -0.05) is 0 Å². The van der Waals surface area contributed by atoms with E-state index in [-0.39, 0.29) is 14.9 Å². The molecule has 0 saturated heterocycles. The molecule has 18 heavy (non-hydrogen) atoms. The summed E-state index contributed by atoms with van der Waals surface area (Å²) in [6.07, 6.45) is -4.36. The fourth-order valence-corrected chi connectivity index (χ4v) is 2.03. The lowest BCUT2D eigenvalue weighted by Gasteiger charge is -2.31. The molecule has 1 rings (SSSR count). The molecule has 102 valence electrons. The molecule has 1 aromatic carbocycles. The van der Waals surface area contributed by atoms with E-state index in [1.165, 1.54) is 6.07 Å². The Kier molecular flexibility index (Phi) is 4.68. The largest absolute Gasteiger partial charge is 0.405 e. The Bertz CT molecular complexity index is 432. The normalized spacial score (nSPS) is 12.0. The minimum atomic E-state index is -4.36. The second-order valence-electron chi connectivity index (χ2n) is 4.16. The third-order valence-electron chi connectivity index (χ3n) is 2.35. The fraction of sp³-hybridized carbons (Fsp3) is 0.455. The molecule has 2 N–H and O–H groups in total. The van der Waals surface area contributed by atoms with Crippen LogP contribution in [0.15, 0.2) is 12.1 Å². The minimum Gasteiger partial charge on any atom is -0.397 e. The van der Waals surface area contributed by atoms with Gasteiger partial charge in [0.05, 0.1) is 14.9 Å². The molecule has 1 aromatic rings. The first-order valence-electron chi connectivity index (χ1n) is 5.19. The van der Waals surface area contributed by atoms with Gasteiger partial charge in [0.15, 0.2) is 0 Å². The molecule has 0 atom stereocenters. The summed E-state index contributed by atoms with van der Waals surface area (Å²) in [5.74, 6) is -0.576. The minimum absolute atomic E-state index is 0.0697. The van der Waals surface area contributed by atoms with Gasteiger partial charge in [-0.15, -0.1) is 0 Å². The molecule has 0 aliphatic heterocycles. The Hall–Kier alpha value is -0.730. The number of nitrogen functional groups attached to an aromatic ring is 1. The Balaban J connectivity index is 3.18. The van der Waals surface area contributed by atoms with Gasteiger partial charge in [0.25, 0.3) is 0 Å². The summed E-state index contributed by atoms with van der Waals surface area (Å²) >= 11 is 1.74. The SMILES string of the molecule is CC(C)N(CC(F)(F)F)c1cc(F)c(I)cc1N. The van der Waals surface area contributed by atoms with E-state index >= 15 is 0 Å². The van der Waals surface area contributed by atoms with Crippen molar-refractivity contribution >= 4 is 34.0 Å². The molecule has 0 saturated carbocycles. The number of rotatable bonds is 3. The van der Waals surface area contributed by atoms with Crippen molar-refractivity contribution in [1.29, 1.82) is 0 Å². The lowest BCUT2D eigenvalue weighted by Crippen LogP contribution is -2.39. The zero-order valence-corrected chi connectivity index (χ0v) is 12.0. The standard InChI is InChI=1S/C11H13F4IN2/c1-6(2)18(5-11(13,14)15)10-3-7(12)8(16)4-9(10)17/h3-4,6H,5,17H2,1-2H3. The molecular formula is C11H13F4IN2. The van der Waals surface area contributed by atoms with Crippen molar-refractivity contribution in [2.45, 2.75) is 26.1 Å². The number of nitrogens with zero attached hydrogens (tertiary/aromatic N) is 1. The Morgan fingerprint density at radius 2 is 1.89 bits per heavy atom. The van der Waals surface area contributed by atoms with Crippen LogP contribution < -0.4 is 10.6 Å². The van der Waals surface area contributed by atoms with Crippen LogP contribution in [0.4, 0.5) is 28.9 Å². The zero-order valence-electron chi connectivity index (χ0n) is 9.85. The van der Waals surface area contributed by atoms with Crippen molar-refractivity contribution in [2.24, 2.45) is 0 Å². The van der Waals surface area contributed by atoms with E-state index in [4.69, 9.17) is 5.73 Å². The number of benzene rings is 1. The van der Waals surface area contributed by atoms with Crippen LogP contribution in [-0.4, -0.2) is 18.8 Å². The maximum atomic E-state index is 13.4. The fourth-order valence-electron chi connectivity index (χ4n) is 1.54. The number of halogens is 5. The third-order valence-corrected chi connectivity index (χ3v) is 3.18. The topological polar surface area (TPSA) is 29.3 Å². The molecule has 0 aliphatic carbocycles. The summed E-state index contributed by atoms with van der Waals surface area (Å²) in [6.45, 7) is 2.04. The van der Waals surface area contributed by atoms with Crippen LogP contribution in [0.2, 0.25) is 0 Å². The highest BCUT2D eigenvalue weighted by Crippen LogP contribution is 2.31. The van der Waals surface area contributed by atoms with Crippen molar-refractivity contribution in [2.75, 3.05) is 17.2 Å². The molecule has 0 spiro atoms. The molecule has 0 bridgehead atoms. The van der Waals surface area contributed by atoms with Crippen molar-refractivity contribution < 1.29 is 17.6 Å². The van der Waals surface area contributed by atoms with Gasteiger partial charge in [-0.2, -0.15) is 13.2 Å². The zero-order chi connectivity index (χ0) is 14.1. The molecule has 0 heterocycles. The van der Waals surface area contributed by atoms with Crippen LogP contribution in [0.3, 0.4) is 0 Å². The van der Waals surface area contributed by atoms with Crippen LogP contribution in [0.1, 0.15) is 13.8 Å². The van der Waals surface area contributed by atoms with Crippen molar-refractivity contribution in [3.8, 4) is 0 Å². The number of anilines is 2. The molecule has 0 fully saturated rings. The lowest BCUT2D eigenvalue weighted by molar-refractivity contribution is -0.120. The quantitative estimate of drug-likeness (QED) is 0.494. The second kappa shape index (κ2) is 5.50. The van der Waals surface area contributed by atoms with Gasteiger partial charge in [0.2, 0.25) is 0 Å². The summed E-state index contributed by atoms with van der Waals surface area (Å²) < 4.78 is 51.2. The summed E-state index contributed by atoms with van der Waals surface area (Å²) in [5.41, 5.74) is 5.87. The van der Waals surface area contributed by atoms with Gasteiger partial charge in [0.1, 0.15) is 12.4 Å². The smallest absolute Gasteiger partial charge is 0.397 e. The monoisotopic (exact) mass is 376 g/mol. The molecule has 0 aromatic heterocycles. The third kappa shape index (κ3) is 3.89. The predicted octanol–water partition coefficient (Wildman–Crippen LogP) is 3.79. The van der Waals surface area contributed by atoms with Crippen molar-refractivity contribution in [3.05, 3.63) is 21.5 Å². The molecule has 0 amide bonds. The Morgan fingerprint density at radius 3 is 2.33 bits per heavy atom. The molecule has 7 heteroatoms. The maximum Gasteiger partial charge on any atom is 0.405 e. The number of nitrogens with two attached hydrogens (primary N) is 1. The summed E-state index contributed by atoms with van der Waals surface area (Å²) in [6, 6.07) is 1.94. The van der Waals surface area contributed by atoms with Crippen LogP contribution in [0.5, 0.6) is 0 Å². The van der Waals surface area contributed by atoms with Crippen molar-refractivity contribution in [1.82, 2.24) is 0 Å². The van der Waals surface area contributed by atoms with E-state index in [0.717, 1.165) is 11.0 Å². The molecule has 0 aliphatic rings. The maximum absolute atomic E-state index is 13.4. The van der Waals surface area contributed by atoms with Gasteiger partial charge >= 0.3 is 6.18 Å². The van der Waals surface area contributed by atoms with Gasteiger partial charge in [-0.05, 0) is 42.5 Å². The van der Waals surface area contributed by atoms with E-state index < -0.39 is 24.6 Å². The second-order valence-corrected chi connectivity index (χ2v) is 5.32. The van der Waals surface area contributed by atoms with E-state index in [0.29, 0.717) is 0 Å². The molecule has 0 radical (unpaired) electrons. The first kappa shape index (κ1) is 15.3. The van der Waals surface area contributed by atoms with E-state index in [1.54, 1.807) is 36.4 Å². The van der Waals surface area contributed by atoms with Gasteiger partial charge in [-0.3, -0.25) is 0 Å². The summed E-state index contributed by atoms with van der Waals surface area (Å²) in [7, 11) is 0. The lowest BCUT2D eigenvalue weighted by atomic mass is 10.2. The van der Waals surface area contributed by atoms with E-state index in [2.05, 4.69) is 0 Å². The van der Waals surface area contributed by atoms with Gasteiger partial charge in [0, 0.05) is 12.1 Å². The Morgan fingerprint density at radius 1 is 1.33 bits per heavy atom. The summed E-state index contributed by atoms with van der Waals surface area (Å²) in [5, 5.41) is 0. The molecule has 2 nitrogen and oxygen atoms in total. The van der Waals surface area contributed by atoms with E-state index in [1.807, 2.05) is 0 Å². The van der Waals surface area contributed by atoms with Crippen LogP contribution in [0, 0.1) is 9.39 Å². The average Bonchev–Trinajstić information content (AvgIpc) is 2.19. The Labute approximate surface area is 116 Å². The highest BCUT2D eigenvalue weighted by atomic mass is 127. The number of hydrogen-bond acceptors (Lipinski definition) is 2. The average molecular weight is 376 g/mol. The number of hydrogen-bond donors (Lipinski definition) is 1. The van der Waals surface area contributed by atoms with Gasteiger partial charge < -0.3 is 10.6 Å². The van der Waals surface area contributed by atoms with Crippen LogP contribution in [-0.2, 0) is 0 Å². The number of alkyl halides is 3. The highest BCUT2D eigenvalue weighted by Gasteiger charge is 2.32.